The Balaban J connectivity index is 1.77. The van der Waals surface area contributed by atoms with E-state index in [0.717, 1.165) is 16.6 Å². The third-order valence-electron chi connectivity index (χ3n) is 2.95. The molecule has 1 aromatic carbocycles. The molecule has 0 aliphatic carbocycles. The Bertz CT molecular complexity index is 713. The van der Waals surface area contributed by atoms with Crippen molar-refractivity contribution in [2.75, 3.05) is 5.32 Å². The predicted molar refractivity (Wildman–Crippen MR) is 71.8 cm³/mol. The molecule has 0 radical (unpaired) electrons. The largest absolute Gasteiger partial charge is 0.469 e. The zero-order valence-electron chi connectivity index (χ0n) is 10.5. The standard InChI is InChI=1S/C14H13N3O2/c1-17-13-7-11(5-4-10(13)9-15-17)16-14(18)8-12-3-2-6-19-12/h2-7,9H,8H2,1H3,(H,16,18). The number of fused-ring (bicyclic) bond motifs is 1. The number of benzene rings is 1. The van der Waals surface area contributed by atoms with E-state index in [-0.39, 0.29) is 12.3 Å². The molecule has 0 saturated carbocycles. The summed E-state index contributed by atoms with van der Waals surface area (Å²) in [5.74, 6) is 0.551. The lowest BCUT2D eigenvalue weighted by atomic mass is 10.2. The summed E-state index contributed by atoms with van der Waals surface area (Å²) in [5, 5.41) is 8.06. The highest BCUT2D eigenvalue weighted by Gasteiger charge is 2.07. The summed E-state index contributed by atoms with van der Waals surface area (Å²) in [6.45, 7) is 0. The lowest BCUT2D eigenvalue weighted by Crippen LogP contribution is -2.13. The Morgan fingerprint density at radius 1 is 1.42 bits per heavy atom. The monoisotopic (exact) mass is 255 g/mol. The number of carbonyl (C=O) groups excluding carboxylic acids is 1. The first-order valence-corrected chi connectivity index (χ1v) is 5.96. The van der Waals surface area contributed by atoms with Crippen molar-refractivity contribution in [3.05, 3.63) is 48.6 Å². The molecule has 3 aromatic rings. The molecular weight excluding hydrogens is 242 g/mol. The normalized spacial score (nSPS) is 10.8. The molecule has 0 saturated heterocycles. The van der Waals surface area contributed by atoms with Crippen molar-refractivity contribution in [2.45, 2.75) is 6.42 Å². The second kappa shape index (κ2) is 4.61. The van der Waals surface area contributed by atoms with Gasteiger partial charge in [-0.05, 0) is 30.3 Å². The van der Waals surface area contributed by atoms with Crippen molar-refractivity contribution in [1.82, 2.24) is 9.78 Å². The Hall–Kier alpha value is -2.56. The van der Waals surface area contributed by atoms with E-state index in [1.54, 1.807) is 29.3 Å². The van der Waals surface area contributed by atoms with Crippen LogP contribution >= 0.6 is 0 Å². The molecule has 2 heterocycles. The van der Waals surface area contributed by atoms with Gasteiger partial charge in [0.15, 0.2) is 0 Å². The van der Waals surface area contributed by atoms with Gasteiger partial charge in [0.2, 0.25) is 5.91 Å². The molecule has 3 rings (SSSR count). The van der Waals surface area contributed by atoms with Gasteiger partial charge >= 0.3 is 0 Å². The summed E-state index contributed by atoms with van der Waals surface area (Å²) in [4.78, 5) is 11.8. The van der Waals surface area contributed by atoms with Gasteiger partial charge in [0, 0.05) is 18.1 Å². The fourth-order valence-electron chi connectivity index (χ4n) is 2.00. The Labute approximate surface area is 109 Å². The molecule has 19 heavy (non-hydrogen) atoms. The number of anilines is 1. The van der Waals surface area contributed by atoms with Crippen LogP contribution in [0.3, 0.4) is 0 Å². The fourth-order valence-corrected chi connectivity index (χ4v) is 2.00. The summed E-state index contributed by atoms with van der Waals surface area (Å²) in [6.07, 6.45) is 3.59. The number of nitrogens with one attached hydrogen (secondary N) is 1. The van der Waals surface area contributed by atoms with E-state index in [1.165, 1.54) is 0 Å². The zero-order valence-corrected chi connectivity index (χ0v) is 10.5. The smallest absolute Gasteiger partial charge is 0.231 e. The average Bonchev–Trinajstić information content (AvgIpc) is 3.00. The molecule has 0 aliphatic heterocycles. The molecular formula is C14H13N3O2. The number of hydrogen-bond donors (Lipinski definition) is 1. The number of aromatic nitrogens is 2. The van der Waals surface area contributed by atoms with Gasteiger partial charge in [-0.2, -0.15) is 5.10 Å². The van der Waals surface area contributed by atoms with E-state index in [0.29, 0.717) is 5.76 Å². The van der Waals surface area contributed by atoms with E-state index in [2.05, 4.69) is 10.4 Å². The minimum Gasteiger partial charge on any atom is -0.469 e. The molecule has 5 nitrogen and oxygen atoms in total. The van der Waals surface area contributed by atoms with Gasteiger partial charge in [0.1, 0.15) is 5.76 Å². The van der Waals surface area contributed by atoms with Crippen LogP contribution in [0.1, 0.15) is 5.76 Å². The summed E-state index contributed by atoms with van der Waals surface area (Å²) < 4.78 is 6.92. The maximum atomic E-state index is 11.8. The second-order valence-corrected chi connectivity index (χ2v) is 4.35. The number of hydrogen-bond acceptors (Lipinski definition) is 3. The molecule has 1 amide bonds. The topological polar surface area (TPSA) is 60.1 Å². The van der Waals surface area contributed by atoms with Crippen LogP contribution in [0.5, 0.6) is 0 Å². The highest BCUT2D eigenvalue weighted by molar-refractivity contribution is 5.94. The van der Waals surface area contributed by atoms with E-state index in [4.69, 9.17) is 4.42 Å². The van der Waals surface area contributed by atoms with Crippen molar-refractivity contribution in [3.8, 4) is 0 Å². The maximum Gasteiger partial charge on any atom is 0.231 e. The molecule has 0 bridgehead atoms. The van der Waals surface area contributed by atoms with Crippen LogP contribution in [0.15, 0.2) is 47.2 Å². The quantitative estimate of drug-likeness (QED) is 0.781. The average molecular weight is 255 g/mol. The summed E-state index contributed by atoms with van der Waals surface area (Å²) in [6, 6.07) is 9.26. The first-order chi connectivity index (χ1) is 9.22. The summed E-state index contributed by atoms with van der Waals surface area (Å²) in [5.41, 5.74) is 1.74. The molecule has 1 N–H and O–H groups in total. The molecule has 0 unspecified atom stereocenters. The molecule has 5 heteroatoms. The van der Waals surface area contributed by atoms with Crippen LogP contribution in [-0.2, 0) is 18.3 Å². The number of nitrogens with zero attached hydrogens (tertiary/aromatic N) is 2. The van der Waals surface area contributed by atoms with Crippen LogP contribution in [-0.4, -0.2) is 15.7 Å². The first-order valence-electron chi connectivity index (χ1n) is 5.96. The van der Waals surface area contributed by atoms with Gasteiger partial charge in [-0.25, -0.2) is 0 Å². The third kappa shape index (κ3) is 2.35. The summed E-state index contributed by atoms with van der Waals surface area (Å²) in [7, 11) is 1.87. The van der Waals surface area contributed by atoms with Crippen molar-refractivity contribution in [3.63, 3.8) is 0 Å². The van der Waals surface area contributed by atoms with Gasteiger partial charge in [-0.3, -0.25) is 9.48 Å². The van der Waals surface area contributed by atoms with Gasteiger partial charge < -0.3 is 9.73 Å². The van der Waals surface area contributed by atoms with Gasteiger partial charge in [0.05, 0.1) is 24.4 Å². The fraction of sp³-hybridized carbons (Fsp3) is 0.143. The van der Waals surface area contributed by atoms with E-state index in [9.17, 15) is 4.79 Å². The minimum absolute atomic E-state index is 0.100. The highest BCUT2D eigenvalue weighted by Crippen LogP contribution is 2.18. The number of carbonyl (C=O) groups is 1. The molecule has 0 spiro atoms. The molecule has 0 atom stereocenters. The van der Waals surface area contributed by atoms with Crippen molar-refractivity contribution in [1.29, 1.82) is 0 Å². The number of amides is 1. The SMILES string of the molecule is Cn1ncc2ccc(NC(=O)Cc3ccco3)cc21. The Kier molecular flexibility index (Phi) is 2.79. The Morgan fingerprint density at radius 2 is 2.32 bits per heavy atom. The number of aryl methyl sites for hydroxylation is 1. The Morgan fingerprint density at radius 3 is 3.11 bits per heavy atom. The van der Waals surface area contributed by atoms with E-state index < -0.39 is 0 Å². The van der Waals surface area contributed by atoms with E-state index in [1.807, 2.05) is 25.2 Å². The van der Waals surface area contributed by atoms with Gasteiger partial charge in [-0.15, -0.1) is 0 Å². The first kappa shape index (κ1) is 11.5. The van der Waals surface area contributed by atoms with Crippen LogP contribution in [0, 0.1) is 0 Å². The van der Waals surface area contributed by atoms with Crippen LogP contribution < -0.4 is 5.32 Å². The predicted octanol–water partition coefficient (Wildman–Crippen LogP) is 2.35. The third-order valence-corrected chi connectivity index (χ3v) is 2.95. The maximum absolute atomic E-state index is 11.8. The van der Waals surface area contributed by atoms with Crippen LogP contribution in [0.2, 0.25) is 0 Å². The lowest BCUT2D eigenvalue weighted by molar-refractivity contribution is -0.115. The van der Waals surface area contributed by atoms with Crippen LogP contribution in [0.25, 0.3) is 10.9 Å². The number of furan rings is 1. The minimum atomic E-state index is -0.100. The van der Waals surface area contributed by atoms with Crippen LogP contribution in [0.4, 0.5) is 5.69 Å². The molecule has 2 aromatic heterocycles. The second-order valence-electron chi connectivity index (χ2n) is 4.35. The van der Waals surface area contributed by atoms with E-state index >= 15 is 0 Å². The molecule has 96 valence electrons. The van der Waals surface area contributed by atoms with Gasteiger partial charge in [-0.1, -0.05) is 0 Å². The molecule has 0 aliphatic rings. The lowest BCUT2D eigenvalue weighted by Gasteiger charge is -2.04. The van der Waals surface area contributed by atoms with Gasteiger partial charge in [0.25, 0.3) is 0 Å². The zero-order chi connectivity index (χ0) is 13.2. The summed E-state index contributed by atoms with van der Waals surface area (Å²) >= 11 is 0. The highest BCUT2D eigenvalue weighted by atomic mass is 16.3. The molecule has 0 fully saturated rings. The van der Waals surface area contributed by atoms with Crippen molar-refractivity contribution in [2.24, 2.45) is 7.05 Å². The van der Waals surface area contributed by atoms with Crippen molar-refractivity contribution < 1.29 is 9.21 Å². The van der Waals surface area contributed by atoms with Crippen molar-refractivity contribution >= 4 is 22.5 Å². The number of rotatable bonds is 3.